The van der Waals surface area contributed by atoms with E-state index in [1.165, 1.54) is 11.1 Å². The van der Waals surface area contributed by atoms with Gasteiger partial charge in [-0.15, -0.1) is 0 Å². The Morgan fingerprint density at radius 3 is 2.52 bits per heavy atom. The van der Waals surface area contributed by atoms with Crippen LogP contribution in [0.15, 0.2) is 36.0 Å². The highest BCUT2D eigenvalue weighted by atomic mass is 16.2. The summed E-state index contributed by atoms with van der Waals surface area (Å²) in [7, 11) is 0. The van der Waals surface area contributed by atoms with Crippen LogP contribution in [0.3, 0.4) is 0 Å². The molecular weight excluding hydrogens is 294 g/mol. The van der Waals surface area contributed by atoms with E-state index in [-0.39, 0.29) is 23.6 Å². The molecule has 0 spiro atoms. The lowest BCUT2D eigenvalue weighted by Gasteiger charge is -2.15. The lowest BCUT2D eigenvalue weighted by Crippen LogP contribution is -2.32. The van der Waals surface area contributed by atoms with E-state index in [0.717, 1.165) is 12.8 Å². The minimum absolute atomic E-state index is 0.0420. The van der Waals surface area contributed by atoms with Gasteiger partial charge in [-0.2, -0.15) is 10.5 Å². The van der Waals surface area contributed by atoms with Gasteiger partial charge in [-0.3, -0.25) is 4.79 Å². The first-order valence-electron chi connectivity index (χ1n) is 7.17. The first-order chi connectivity index (χ1) is 11.2. The Morgan fingerprint density at radius 2 is 1.91 bits per heavy atom. The molecule has 1 aromatic rings. The van der Waals surface area contributed by atoms with Crippen LogP contribution in [-0.4, -0.2) is 29.4 Å². The molecule has 1 aromatic carbocycles. The van der Waals surface area contributed by atoms with Gasteiger partial charge in [0, 0.05) is 18.4 Å². The van der Waals surface area contributed by atoms with Gasteiger partial charge < -0.3 is 10.2 Å². The van der Waals surface area contributed by atoms with Crippen molar-refractivity contribution in [2.24, 2.45) is 0 Å². The number of allylic oxidation sites excluding steroid dienone is 1. The van der Waals surface area contributed by atoms with Gasteiger partial charge in [-0.25, -0.2) is 9.69 Å². The summed E-state index contributed by atoms with van der Waals surface area (Å²) in [6.45, 7) is 0.626. The second-order valence-electron chi connectivity index (χ2n) is 5.28. The van der Waals surface area contributed by atoms with E-state index in [2.05, 4.69) is 5.32 Å². The molecule has 1 unspecified atom stereocenters. The molecule has 23 heavy (non-hydrogen) atoms. The molecular formula is C16H13N5O2. The number of imide groups is 1. The van der Waals surface area contributed by atoms with Crippen LogP contribution in [0.25, 0.3) is 0 Å². The monoisotopic (exact) mass is 307 g/mol. The Labute approximate surface area is 133 Å². The zero-order valence-electron chi connectivity index (χ0n) is 12.2. The highest BCUT2D eigenvalue weighted by Crippen LogP contribution is 2.31. The molecule has 0 saturated carbocycles. The molecule has 0 bridgehead atoms. The Bertz CT molecular complexity index is 731. The van der Waals surface area contributed by atoms with Gasteiger partial charge in [0.05, 0.1) is 5.69 Å². The van der Waals surface area contributed by atoms with Crippen molar-refractivity contribution in [1.82, 2.24) is 4.90 Å². The van der Waals surface area contributed by atoms with Crippen molar-refractivity contribution in [1.29, 1.82) is 10.5 Å². The molecule has 7 nitrogen and oxygen atoms in total. The molecule has 0 aromatic heterocycles. The predicted molar refractivity (Wildman–Crippen MR) is 82.0 cm³/mol. The smallest absolute Gasteiger partial charge is 0.332 e. The van der Waals surface area contributed by atoms with Crippen LogP contribution in [-0.2, 0) is 4.79 Å². The number of anilines is 2. The van der Waals surface area contributed by atoms with Crippen LogP contribution in [0.2, 0.25) is 0 Å². The molecule has 3 rings (SSSR count). The van der Waals surface area contributed by atoms with Gasteiger partial charge >= 0.3 is 6.03 Å². The van der Waals surface area contributed by atoms with Crippen LogP contribution in [0.1, 0.15) is 12.8 Å². The quantitative estimate of drug-likeness (QED) is 0.679. The zero-order chi connectivity index (χ0) is 16.4. The van der Waals surface area contributed by atoms with E-state index in [0.29, 0.717) is 17.9 Å². The van der Waals surface area contributed by atoms with Crippen LogP contribution >= 0.6 is 0 Å². The number of amides is 3. The lowest BCUT2D eigenvalue weighted by atomic mass is 10.2. The number of urea groups is 1. The van der Waals surface area contributed by atoms with Gasteiger partial charge in [0.2, 0.25) is 0 Å². The van der Waals surface area contributed by atoms with Gasteiger partial charge in [-0.05, 0) is 37.1 Å². The van der Waals surface area contributed by atoms with Crippen molar-refractivity contribution < 1.29 is 9.59 Å². The predicted octanol–water partition coefficient (Wildman–Crippen LogP) is 1.96. The van der Waals surface area contributed by atoms with E-state index in [9.17, 15) is 9.59 Å². The minimum Gasteiger partial charge on any atom is -0.360 e. The van der Waals surface area contributed by atoms with Crippen molar-refractivity contribution in [2.45, 2.75) is 18.9 Å². The summed E-state index contributed by atoms with van der Waals surface area (Å²) < 4.78 is 0. The third-order valence-corrected chi connectivity index (χ3v) is 3.94. The number of hydrogen-bond acceptors (Lipinski definition) is 5. The Balaban J connectivity index is 1.77. The Morgan fingerprint density at radius 1 is 1.22 bits per heavy atom. The Kier molecular flexibility index (Phi) is 3.70. The van der Waals surface area contributed by atoms with Gasteiger partial charge in [0.1, 0.15) is 23.8 Å². The van der Waals surface area contributed by atoms with E-state index in [1.54, 1.807) is 41.3 Å². The molecule has 7 heteroatoms. The van der Waals surface area contributed by atoms with Gasteiger partial charge in [0.25, 0.3) is 5.91 Å². The molecule has 3 amide bonds. The van der Waals surface area contributed by atoms with Crippen LogP contribution in [0.4, 0.5) is 16.2 Å². The molecule has 2 aliphatic heterocycles. The second kappa shape index (κ2) is 5.82. The highest BCUT2D eigenvalue weighted by Gasteiger charge is 2.47. The van der Waals surface area contributed by atoms with Crippen molar-refractivity contribution in [3.63, 3.8) is 0 Å². The summed E-state index contributed by atoms with van der Waals surface area (Å²) in [6.07, 6.45) is 2.89. The fourth-order valence-corrected chi connectivity index (χ4v) is 2.81. The third-order valence-electron chi connectivity index (χ3n) is 3.94. The van der Waals surface area contributed by atoms with E-state index < -0.39 is 0 Å². The molecule has 1 atom stereocenters. The summed E-state index contributed by atoms with van der Waals surface area (Å²) >= 11 is 0. The highest BCUT2D eigenvalue weighted by molar-refractivity contribution is 6.21. The topological polar surface area (TPSA) is 100 Å². The number of rotatable bonds is 3. The largest absolute Gasteiger partial charge is 0.360 e. The maximum Gasteiger partial charge on any atom is 0.332 e. The molecule has 2 fully saturated rings. The molecule has 114 valence electrons. The van der Waals surface area contributed by atoms with Gasteiger partial charge in [-0.1, -0.05) is 0 Å². The fourth-order valence-electron chi connectivity index (χ4n) is 2.81. The molecule has 2 aliphatic rings. The average molecular weight is 307 g/mol. The zero-order valence-corrected chi connectivity index (χ0v) is 12.2. The molecule has 0 aliphatic carbocycles. The van der Waals surface area contributed by atoms with Crippen LogP contribution < -0.4 is 10.2 Å². The van der Waals surface area contributed by atoms with E-state index in [4.69, 9.17) is 10.5 Å². The summed E-state index contributed by atoms with van der Waals surface area (Å²) in [6, 6.07) is 9.59. The number of carbonyl (C=O) groups excluding carboxylic acids is 2. The van der Waals surface area contributed by atoms with Crippen molar-refractivity contribution in [2.75, 3.05) is 16.8 Å². The van der Waals surface area contributed by atoms with E-state index in [1.807, 2.05) is 0 Å². The maximum absolute atomic E-state index is 12.3. The number of nitrogens with zero attached hydrogens (tertiary/aromatic N) is 4. The number of nitrogens with one attached hydrogen (secondary N) is 1. The fraction of sp³-hybridized carbons (Fsp3) is 0.250. The summed E-state index contributed by atoms with van der Waals surface area (Å²) in [5, 5.41) is 20.1. The van der Waals surface area contributed by atoms with Crippen molar-refractivity contribution in [3.05, 3.63) is 36.0 Å². The normalized spacial score (nSPS) is 19.1. The Hall–Kier alpha value is -3.32. The van der Waals surface area contributed by atoms with Crippen molar-refractivity contribution >= 4 is 23.3 Å². The summed E-state index contributed by atoms with van der Waals surface area (Å²) in [5.74, 6) is -0.177. The molecule has 2 heterocycles. The van der Waals surface area contributed by atoms with Crippen LogP contribution in [0, 0.1) is 22.7 Å². The first kappa shape index (κ1) is 14.6. The van der Waals surface area contributed by atoms with Crippen LogP contribution in [0.5, 0.6) is 0 Å². The number of carbonyl (C=O) groups is 2. The maximum atomic E-state index is 12.3. The second-order valence-corrected chi connectivity index (χ2v) is 5.28. The van der Waals surface area contributed by atoms with E-state index >= 15 is 0 Å². The first-order valence-corrected chi connectivity index (χ1v) is 7.17. The lowest BCUT2D eigenvalue weighted by molar-refractivity contribution is -0.119. The number of nitriles is 2. The standard InChI is InChI=1S/C16H13N5O2/c17-8-11(9-18)10-19-12-3-5-13(6-4-12)21-15(22)14-2-1-7-20(14)16(21)23/h3-6,10,14,19H,1-2,7H2. The third kappa shape index (κ3) is 2.49. The number of fused-ring (bicyclic) bond motifs is 1. The molecule has 0 radical (unpaired) electrons. The summed E-state index contributed by atoms with van der Waals surface area (Å²) in [4.78, 5) is 27.5. The minimum atomic E-state index is -0.322. The number of benzene rings is 1. The van der Waals surface area contributed by atoms with Crippen molar-refractivity contribution in [3.8, 4) is 12.1 Å². The SMILES string of the molecule is N#CC(C#N)=CNc1ccc(N2C(=O)C3CCCN3C2=O)cc1. The summed E-state index contributed by atoms with van der Waals surface area (Å²) in [5.41, 5.74) is 1.13. The molecule has 1 N–H and O–H groups in total. The number of hydrogen-bond donors (Lipinski definition) is 1. The average Bonchev–Trinajstić information content (AvgIpc) is 3.14. The van der Waals surface area contributed by atoms with Gasteiger partial charge in [0.15, 0.2) is 0 Å². The molecule has 2 saturated heterocycles.